The molecule has 1 aromatic heterocycles. The zero-order chi connectivity index (χ0) is 18.4. The molecule has 1 amide bonds. The van der Waals surface area contributed by atoms with Crippen LogP contribution in [0.4, 0.5) is 0 Å². The van der Waals surface area contributed by atoms with Crippen LogP contribution >= 0.6 is 0 Å². The Kier molecular flexibility index (Phi) is 6.58. The Morgan fingerprint density at radius 1 is 1.28 bits per heavy atom. The smallest absolute Gasteiger partial charge is 0.220 e. The molecule has 2 N–H and O–H groups in total. The molecule has 0 spiro atoms. The van der Waals surface area contributed by atoms with Gasteiger partial charge in [-0.05, 0) is 51.8 Å². The lowest BCUT2D eigenvalue weighted by Crippen LogP contribution is -2.28. The van der Waals surface area contributed by atoms with Gasteiger partial charge in [-0.1, -0.05) is 17.3 Å². The first-order valence-electron chi connectivity index (χ1n) is 8.50. The molecule has 136 valence electrons. The summed E-state index contributed by atoms with van der Waals surface area (Å²) in [4.78, 5) is 12.0. The van der Waals surface area contributed by atoms with Crippen LogP contribution in [-0.2, 0) is 11.2 Å². The third-order valence-corrected chi connectivity index (χ3v) is 3.91. The molecule has 0 aliphatic rings. The van der Waals surface area contributed by atoms with Gasteiger partial charge >= 0.3 is 0 Å². The normalized spacial score (nSPS) is 12.2. The topological polar surface area (TPSA) is 84.6 Å². The van der Waals surface area contributed by atoms with Gasteiger partial charge in [-0.2, -0.15) is 0 Å². The van der Waals surface area contributed by atoms with Crippen molar-refractivity contribution in [2.24, 2.45) is 0 Å². The van der Waals surface area contributed by atoms with Crippen LogP contribution < -0.4 is 10.1 Å². The number of rotatable bonds is 8. The number of carbonyl (C=O) groups is 1. The summed E-state index contributed by atoms with van der Waals surface area (Å²) in [6, 6.07) is 7.24. The summed E-state index contributed by atoms with van der Waals surface area (Å²) in [7, 11) is 0. The summed E-state index contributed by atoms with van der Waals surface area (Å²) >= 11 is 0. The number of aliphatic hydroxyl groups is 1. The van der Waals surface area contributed by atoms with E-state index in [1.165, 1.54) is 0 Å². The molecule has 6 nitrogen and oxygen atoms in total. The second kappa shape index (κ2) is 8.67. The number of aryl methyl sites for hydroxylation is 2. The molecule has 1 unspecified atom stereocenters. The van der Waals surface area contributed by atoms with Gasteiger partial charge in [0.05, 0.1) is 17.9 Å². The molecule has 1 aromatic carbocycles. The fourth-order valence-electron chi connectivity index (χ4n) is 2.55. The Labute approximate surface area is 148 Å². The second-order valence-electron chi connectivity index (χ2n) is 6.36. The summed E-state index contributed by atoms with van der Waals surface area (Å²) < 4.78 is 10.7. The molecule has 2 rings (SSSR count). The number of ether oxygens (including phenoxy) is 1. The van der Waals surface area contributed by atoms with Crippen LogP contribution in [0.15, 0.2) is 28.8 Å². The van der Waals surface area contributed by atoms with Gasteiger partial charge in [0.15, 0.2) is 0 Å². The molecule has 0 saturated carbocycles. The summed E-state index contributed by atoms with van der Waals surface area (Å²) in [6.07, 6.45) is 0.255. The molecule has 2 aromatic rings. The van der Waals surface area contributed by atoms with Crippen LogP contribution in [0.25, 0.3) is 0 Å². The molecule has 0 saturated heterocycles. The highest BCUT2D eigenvalue weighted by molar-refractivity contribution is 5.76. The van der Waals surface area contributed by atoms with Crippen molar-refractivity contribution in [1.82, 2.24) is 10.5 Å². The van der Waals surface area contributed by atoms with Crippen LogP contribution in [0.5, 0.6) is 5.75 Å². The number of benzene rings is 1. The van der Waals surface area contributed by atoms with Gasteiger partial charge in [0.1, 0.15) is 11.5 Å². The van der Waals surface area contributed by atoms with Crippen LogP contribution in [0.1, 0.15) is 49.0 Å². The van der Waals surface area contributed by atoms with Gasteiger partial charge in [-0.3, -0.25) is 4.79 Å². The maximum Gasteiger partial charge on any atom is 0.220 e. The number of aliphatic hydroxyl groups excluding tert-OH is 1. The van der Waals surface area contributed by atoms with Crippen molar-refractivity contribution >= 4 is 5.91 Å². The largest absolute Gasteiger partial charge is 0.491 e. The maximum atomic E-state index is 12.0. The summed E-state index contributed by atoms with van der Waals surface area (Å²) in [5.41, 5.74) is 2.52. The Morgan fingerprint density at radius 2 is 1.96 bits per heavy atom. The van der Waals surface area contributed by atoms with E-state index in [1.54, 1.807) is 12.1 Å². The average molecular weight is 346 g/mol. The van der Waals surface area contributed by atoms with Gasteiger partial charge in [-0.15, -0.1) is 0 Å². The summed E-state index contributed by atoms with van der Waals surface area (Å²) in [6.45, 7) is 7.79. The van der Waals surface area contributed by atoms with Crippen molar-refractivity contribution in [3.8, 4) is 5.75 Å². The molecule has 0 fully saturated rings. The number of nitrogens with zero attached hydrogens (tertiary/aromatic N) is 1. The number of amides is 1. The molecule has 0 aliphatic carbocycles. The minimum absolute atomic E-state index is 0.104. The number of hydrogen-bond donors (Lipinski definition) is 2. The van der Waals surface area contributed by atoms with Gasteiger partial charge in [0.25, 0.3) is 0 Å². The standard InChI is InChI=1S/C19H26N2O4/c1-12(2)24-16-7-5-15(6-8-16)18(22)11-20-19(23)10-9-17-13(3)21-25-14(17)4/h5-8,12,18,22H,9-11H2,1-4H3,(H,20,23). The highest BCUT2D eigenvalue weighted by atomic mass is 16.5. The van der Waals surface area contributed by atoms with E-state index < -0.39 is 6.10 Å². The van der Waals surface area contributed by atoms with Gasteiger partial charge in [-0.25, -0.2) is 0 Å². The molecule has 0 bridgehead atoms. The quantitative estimate of drug-likeness (QED) is 0.768. The Bertz CT molecular complexity index is 672. The number of aromatic nitrogens is 1. The van der Waals surface area contributed by atoms with Crippen LogP contribution in [0, 0.1) is 13.8 Å². The number of carbonyl (C=O) groups excluding carboxylic acids is 1. The predicted molar refractivity (Wildman–Crippen MR) is 94.5 cm³/mol. The lowest BCUT2D eigenvalue weighted by Gasteiger charge is -2.14. The summed E-state index contributed by atoms with van der Waals surface area (Å²) in [5, 5.41) is 16.8. The minimum Gasteiger partial charge on any atom is -0.491 e. The lowest BCUT2D eigenvalue weighted by atomic mass is 10.1. The van der Waals surface area contributed by atoms with Crippen molar-refractivity contribution in [3.05, 3.63) is 46.8 Å². The van der Waals surface area contributed by atoms with Crippen molar-refractivity contribution < 1.29 is 19.2 Å². The monoisotopic (exact) mass is 346 g/mol. The van der Waals surface area contributed by atoms with E-state index in [2.05, 4.69) is 10.5 Å². The molecular weight excluding hydrogens is 320 g/mol. The number of nitrogens with one attached hydrogen (secondary N) is 1. The first-order valence-corrected chi connectivity index (χ1v) is 8.50. The molecule has 1 atom stereocenters. The highest BCUT2D eigenvalue weighted by Crippen LogP contribution is 2.18. The maximum absolute atomic E-state index is 12.0. The molecule has 6 heteroatoms. The lowest BCUT2D eigenvalue weighted by molar-refractivity contribution is -0.121. The molecule has 1 heterocycles. The van der Waals surface area contributed by atoms with Gasteiger partial charge in [0.2, 0.25) is 5.91 Å². The minimum atomic E-state index is -0.754. The van der Waals surface area contributed by atoms with Crippen molar-refractivity contribution in [2.45, 2.75) is 52.7 Å². The first-order chi connectivity index (χ1) is 11.9. The zero-order valence-corrected chi connectivity index (χ0v) is 15.2. The van der Waals surface area contributed by atoms with Gasteiger partial charge < -0.3 is 19.7 Å². The first kappa shape index (κ1) is 19.0. The highest BCUT2D eigenvalue weighted by Gasteiger charge is 2.13. The molecule has 25 heavy (non-hydrogen) atoms. The van der Waals surface area contributed by atoms with E-state index in [0.29, 0.717) is 12.8 Å². The fraction of sp³-hybridized carbons (Fsp3) is 0.474. The Hall–Kier alpha value is -2.34. The predicted octanol–water partition coefficient (Wildman–Crippen LogP) is 2.86. The molecule has 0 radical (unpaired) electrons. The van der Waals surface area contributed by atoms with Crippen LogP contribution in [0.2, 0.25) is 0 Å². The zero-order valence-electron chi connectivity index (χ0n) is 15.2. The third kappa shape index (κ3) is 5.60. The molecular formula is C19H26N2O4. The van der Waals surface area contributed by atoms with E-state index >= 15 is 0 Å². The number of hydrogen-bond acceptors (Lipinski definition) is 5. The Balaban J connectivity index is 1.79. The SMILES string of the molecule is Cc1noc(C)c1CCC(=O)NCC(O)c1ccc(OC(C)C)cc1. The van der Waals surface area contributed by atoms with E-state index in [4.69, 9.17) is 9.26 Å². The van der Waals surface area contributed by atoms with E-state index in [0.717, 1.165) is 28.3 Å². The summed E-state index contributed by atoms with van der Waals surface area (Å²) in [5.74, 6) is 1.39. The van der Waals surface area contributed by atoms with Crippen LogP contribution in [0.3, 0.4) is 0 Å². The van der Waals surface area contributed by atoms with Crippen LogP contribution in [-0.4, -0.2) is 28.8 Å². The van der Waals surface area contributed by atoms with E-state index in [1.807, 2.05) is 39.8 Å². The van der Waals surface area contributed by atoms with Crippen molar-refractivity contribution in [1.29, 1.82) is 0 Å². The van der Waals surface area contributed by atoms with E-state index in [-0.39, 0.29) is 18.6 Å². The van der Waals surface area contributed by atoms with Crippen molar-refractivity contribution in [3.63, 3.8) is 0 Å². The Morgan fingerprint density at radius 3 is 2.52 bits per heavy atom. The van der Waals surface area contributed by atoms with Gasteiger partial charge in [0, 0.05) is 18.5 Å². The van der Waals surface area contributed by atoms with Crippen molar-refractivity contribution in [2.75, 3.05) is 6.54 Å². The molecule has 0 aliphatic heterocycles. The van der Waals surface area contributed by atoms with E-state index in [9.17, 15) is 9.90 Å². The fourth-order valence-corrected chi connectivity index (χ4v) is 2.55. The third-order valence-electron chi connectivity index (χ3n) is 3.91. The average Bonchev–Trinajstić information content (AvgIpc) is 2.89. The second-order valence-corrected chi connectivity index (χ2v) is 6.36.